The molecule has 0 aromatic rings. The number of nitrogens with zero attached hydrogens (tertiary/aromatic N) is 4. The van der Waals surface area contributed by atoms with Crippen LogP contribution in [0, 0.1) is 11.8 Å². The van der Waals surface area contributed by atoms with Gasteiger partial charge in [-0.1, -0.05) is 14.4 Å². The lowest BCUT2D eigenvalue weighted by Crippen LogP contribution is -2.63. The molecule has 4 rings (SSSR count). The van der Waals surface area contributed by atoms with Crippen LogP contribution in [0.2, 0.25) is 0 Å². The first kappa shape index (κ1) is 30.2. The lowest BCUT2D eigenvalue weighted by atomic mass is 9.79. The molecular weight excluding hydrogens is 514 g/mol. The Bertz CT molecular complexity index is 987. The Morgan fingerprint density at radius 1 is 1.32 bits per heavy atom. The normalized spacial score (nSPS) is 31.6. The molecule has 0 saturated carbocycles. The van der Waals surface area contributed by atoms with Gasteiger partial charge in [-0.05, 0) is 26.8 Å². The van der Waals surface area contributed by atoms with Gasteiger partial charge in [0.15, 0.2) is 5.96 Å². The Hall–Kier alpha value is -2.39. The number of likely N-dealkylation sites (tertiary alicyclic amines) is 2. The highest BCUT2D eigenvalue weighted by Crippen LogP contribution is 2.52. The quantitative estimate of drug-likeness (QED) is 0.0730. The summed E-state index contributed by atoms with van der Waals surface area (Å²) in [4.78, 5) is 47.7. The van der Waals surface area contributed by atoms with Gasteiger partial charge in [-0.3, -0.25) is 19.8 Å². The molecule has 3 fully saturated rings. The molecule has 13 nitrogen and oxygen atoms in total. The standard InChI is InChI=1S/C23H37N7O6S.CH4/c1-11-17-16(12(2)31)21(33)30(17)18(22(34)35)19(11)37-14-6-15(28(3)8-14)20(32)29-5-4-13(7-29)26-9-36-10-27-23(24)25;/h11-17,26,31H,4-10H2,1-3H3,(H,34,35)(H4,24,25,27);1H4/t11-,12-,13+,14+,15+,16-,17-;/m1./s1. The van der Waals surface area contributed by atoms with Crippen molar-refractivity contribution >= 4 is 35.5 Å². The van der Waals surface area contributed by atoms with Gasteiger partial charge >= 0.3 is 5.97 Å². The number of aliphatic carboxylic acids is 1. The first-order valence-electron chi connectivity index (χ1n) is 12.5. The van der Waals surface area contributed by atoms with E-state index in [1.54, 1.807) is 6.92 Å². The van der Waals surface area contributed by atoms with E-state index in [9.17, 15) is 24.6 Å². The predicted octanol–water partition coefficient (Wildman–Crippen LogP) is -1.02. The minimum absolute atomic E-state index is 0. The number of amides is 2. The van der Waals surface area contributed by atoms with Gasteiger partial charge in [-0.25, -0.2) is 9.79 Å². The Kier molecular flexibility index (Phi) is 9.68. The number of rotatable bonds is 10. The Morgan fingerprint density at radius 2 is 2.03 bits per heavy atom. The summed E-state index contributed by atoms with van der Waals surface area (Å²) in [6, 6.07) is -0.509. The number of aliphatic hydroxyl groups is 1. The summed E-state index contributed by atoms with van der Waals surface area (Å²) in [7, 11) is 1.91. The number of β-lactam (4-membered cyclic amide) rings is 1. The van der Waals surface area contributed by atoms with Gasteiger partial charge in [0.1, 0.15) is 12.4 Å². The fourth-order valence-electron chi connectivity index (χ4n) is 5.87. The zero-order chi connectivity index (χ0) is 27.0. The van der Waals surface area contributed by atoms with Crippen molar-refractivity contribution in [2.75, 3.05) is 40.1 Å². The molecule has 4 aliphatic rings. The second kappa shape index (κ2) is 12.2. The summed E-state index contributed by atoms with van der Waals surface area (Å²) in [5.41, 5.74) is 10.5. The Morgan fingerprint density at radius 3 is 2.66 bits per heavy atom. The van der Waals surface area contributed by atoms with E-state index in [2.05, 4.69) is 10.3 Å². The zero-order valence-corrected chi connectivity index (χ0v) is 22.2. The van der Waals surface area contributed by atoms with E-state index in [1.165, 1.54) is 16.7 Å². The maximum atomic E-state index is 13.3. The molecule has 7 N–H and O–H groups in total. The maximum absolute atomic E-state index is 13.3. The van der Waals surface area contributed by atoms with Crippen molar-refractivity contribution in [3.05, 3.63) is 10.6 Å². The topological polar surface area (TPSA) is 187 Å². The molecular formula is C24H41N7O6S. The highest BCUT2D eigenvalue weighted by molar-refractivity contribution is 8.03. The fraction of sp³-hybridized carbons (Fsp3) is 0.750. The van der Waals surface area contributed by atoms with Gasteiger partial charge < -0.3 is 36.2 Å². The highest BCUT2D eigenvalue weighted by Gasteiger charge is 2.60. The number of carbonyl (C=O) groups excluding carboxylic acids is 2. The van der Waals surface area contributed by atoms with E-state index >= 15 is 0 Å². The summed E-state index contributed by atoms with van der Waals surface area (Å²) >= 11 is 1.46. The van der Waals surface area contributed by atoms with Gasteiger partial charge in [0.25, 0.3) is 0 Å². The number of carboxylic acids is 1. The largest absolute Gasteiger partial charge is 0.477 e. The number of guanidine groups is 1. The van der Waals surface area contributed by atoms with E-state index in [4.69, 9.17) is 16.2 Å². The minimum Gasteiger partial charge on any atom is -0.477 e. The van der Waals surface area contributed by atoms with Crippen LogP contribution in [0.25, 0.3) is 0 Å². The second-order valence-electron chi connectivity index (χ2n) is 10.2. The molecule has 4 heterocycles. The predicted molar refractivity (Wildman–Crippen MR) is 144 cm³/mol. The Labute approximate surface area is 227 Å². The van der Waals surface area contributed by atoms with Crippen LogP contribution >= 0.6 is 11.8 Å². The van der Waals surface area contributed by atoms with Crippen molar-refractivity contribution in [2.24, 2.45) is 28.3 Å². The SMILES string of the molecule is C.C[C@@H](O)[C@H]1C(=O)N2C(C(=O)O)=C(S[C@H]3C[C@@H](C(=O)N4CC[C@H](NCOCN=C(N)N)C4)N(C)C3)[C@H](C)[C@H]12. The Balaban J connectivity index is 0.00000400. The average Bonchev–Trinajstić information content (AvgIpc) is 3.49. The number of aliphatic hydroxyl groups excluding tert-OH is 1. The number of likely N-dealkylation sites (N-methyl/N-ethyl adjacent to an activating group) is 1. The molecule has 214 valence electrons. The number of hydrogen-bond acceptors (Lipinski definition) is 9. The minimum atomic E-state index is -1.13. The smallest absolute Gasteiger partial charge is 0.353 e. The van der Waals surface area contributed by atoms with Gasteiger partial charge in [-0.15, -0.1) is 11.8 Å². The monoisotopic (exact) mass is 555 g/mol. The number of nitrogens with one attached hydrogen (secondary N) is 1. The van der Waals surface area contributed by atoms with Crippen molar-refractivity contribution in [3.8, 4) is 0 Å². The number of ether oxygens (including phenoxy) is 1. The van der Waals surface area contributed by atoms with Crippen LogP contribution in [-0.4, -0.2) is 118 Å². The van der Waals surface area contributed by atoms with Crippen LogP contribution in [0.3, 0.4) is 0 Å². The van der Waals surface area contributed by atoms with Crippen molar-refractivity contribution < 1.29 is 29.3 Å². The number of nitrogens with two attached hydrogens (primary N) is 2. The number of thioether (sulfide) groups is 1. The number of carbonyl (C=O) groups is 3. The molecule has 0 radical (unpaired) electrons. The van der Waals surface area contributed by atoms with Crippen molar-refractivity contribution in [2.45, 2.75) is 63.6 Å². The lowest BCUT2D eigenvalue weighted by Gasteiger charge is -2.46. The van der Waals surface area contributed by atoms with Crippen molar-refractivity contribution in [3.63, 3.8) is 0 Å². The number of hydrogen-bond donors (Lipinski definition) is 5. The molecule has 7 atom stereocenters. The average molecular weight is 556 g/mol. The van der Waals surface area contributed by atoms with Crippen molar-refractivity contribution in [1.29, 1.82) is 0 Å². The molecule has 14 heteroatoms. The van der Waals surface area contributed by atoms with E-state index in [1.807, 2.05) is 23.8 Å². The lowest BCUT2D eigenvalue weighted by molar-refractivity contribution is -0.163. The molecule has 0 aromatic heterocycles. The van der Waals surface area contributed by atoms with Crippen LogP contribution in [0.1, 0.15) is 34.1 Å². The molecule has 0 spiro atoms. The van der Waals surface area contributed by atoms with Gasteiger partial charge in [-0.2, -0.15) is 0 Å². The molecule has 4 aliphatic heterocycles. The third kappa shape index (κ3) is 5.78. The first-order chi connectivity index (χ1) is 17.5. The third-order valence-electron chi connectivity index (χ3n) is 7.71. The summed E-state index contributed by atoms with van der Waals surface area (Å²) in [6.07, 6.45) is 0.574. The molecule has 3 saturated heterocycles. The summed E-state index contributed by atoms with van der Waals surface area (Å²) in [5.74, 6) is -2.21. The number of aliphatic imine (C=N–C) groups is 1. The molecule has 38 heavy (non-hydrogen) atoms. The van der Waals surface area contributed by atoms with E-state index in [0.29, 0.717) is 31.0 Å². The van der Waals surface area contributed by atoms with Crippen LogP contribution in [-0.2, 0) is 19.1 Å². The van der Waals surface area contributed by atoms with E-state index in [-0.39, 0.29) is 73.7 Å². The molecule has 0 aromatic carbocycles. The maximum Gasteiger partial charge on any atom is 0.353 e. The number of fused-ring (bicyclic) bond motifs is 1. The van der Waals surface area contributed by atoms with Gasteiger partial charge in [0.05, 0.1) is 30.8 Å². The highest BCUT2D eigenvalue weighted by atomic mass is 32.2. The van der Waals surface area contributed by atoms with E-state index in [0.717, 1.165) is 6.42 Å². The number of carboxylic acid groups (broad SMARTS) is 1. The van der Waals surface area contributed by atoms with E-state index < -0.39 is 18.0 Å². The zero-order valence-electron chi connectivity index (χ0n) is 21.4. The third-order valence-corrected chi connectivity index (χ3v) is 9.21. The van der Waals surface area contributed by atoms with Crippen LogP contribution in [0.4, 0.5) is 0 Å². The molecule has 0 aliphatic carbocycles. The summed E-state index contributed by atoms with van der Waals surface area (Å²) in [5, 5.41) is 23.2. The summed E-state index contributed by atoms with van der Waals surface area (Å²) < 4.78 is 5.32. The first-order valence-corrected chi connectivity index (χ1v) is 13.4. The van der Waals surface area contributed by atoms with Crippen LogP contribution in [0.15, 0.2) is 15.6 Å². The van der Waals surface area contributed by atoms with Crippen molar-refractivity contribution in [1.82, 2.24) is 20.0 Å². The molecule has 0 bridgehead atoms. The second-order valence-corrected chi connectivity index (χ2v) is 11.6. The van der Waals surface area contributed by atoms with Gasteiger partial charge in [0.2, 0.25) is 11.8 Å². The fourth-order valence-corrected chi connectivity index (χ4v) is 7.46. The molecule has 2 amide bonds. The van der Waals surface area contributed by atoms with Gasteiger partial charge in [0, 0.05) is 41.7 Å². The van der Waals surface area contributed by atoms with Crippen LogP contribution in [0.5, 0.6) is 0 Å². The summed E-state index contributed by atoms with van der Waals surface area (Å²) in [6.45, 7) is 5.70. The molecule has 0 unspecified atom stereocenters. The van der Waals surface area contributed by atoms with Crippen LogP contribution < -0.4 is 16.8 Å².